The Kier molecular flexibility index (Phi) is 4.12. The van der Waals surface area contributed by atoms with E-state index in [0.29, 0.717) is 28.0 Å². The van der Waals surface area contributed by atoms with Gasteiger partial charge in [-0.25, -0.2) is 4.40 Å². The summed E-state index contributed by atoms with van der Waals surface area (Å²) < 4.78 is 6.11. The summed E-state index contributed by atoms with van der Waals surface area (Å²) in [7, 11) is 0. The fourth-order valence-electron chi connectivity index (χ4n) is 1.91. The molecular weight excluding hydrogens is 318 g/mol. The summed E-state index contributed by atoms with van der Waals surface area (Å²) in [5.74, 6) is 1.82. The zero-order chi connectivity index (χ0) is 15.7. The number of fused-ring (bicyclic) bond motifs is 1. The van der Waals surface area contributed by atoms with Crippen molar-refractivity contribution in [1.29, 1.82) is 0 Å². The molecular formula is C14H15N5OS2. The maximum absolute atomic E-state index is 12.2. The Morgan fingerprint density at radius 3 is 3.00 bits per heavy atom. The van der Waals surface area contributed by atoms with Gasteiger partial charge in [-0.1, -0.05) is 25.6 Å². The SMILES string of the molecule is CC(C)CSc1nsc2nc(=O)c(C=C3C=CC=N3)c(N)n12. The maximum Gasteiger partial charge on any atom is 0.283 e. The van der Waals surface area contributed by atoms with Crippen LogP contribution in [0.2, 0.25) is 0 Å². The molecule has 0 amide bonds. The first kappa shape index (κ1) is 15.0. The third-order valence-corrected chi connectivity index (χ3v) is 5.13. The van der Waals surface area contributed by atoms with Crippen LogP contribution in [0.15, 0.2) is 32.8 Å². The molecule has 8 heteroatoms. The highest BCUT2D eigenvalue weighted by Gasteiger charge is 2.16. The Morgan fingerprint density at radius 2 is 2.32 bits per heavy atom. The molecule has 6 nitrogen and oxygen atoms in total. The standard InChI is InChI=1S/C14H15N5OS2/c1-8(2)7-21-14-18-22-13-17-12(20)10(11(15)19(13)14)6-9-4-3-5-16-9/h3-6,8H,7,15H2,1-2H3. The third kappa shape index (κ3) is 2.84. The van der Waals surface area contributed by atoms with E-state index in [1.807, 2.05) is 12.2 Å². The molecule has 2 aromatic heterocycles. The Morgan fingerprint density at radius 1 is 1.50 bits per heavy atom. The maximum atomic E-state index is 12.2. The molecule has 0 saturated carbocycles. The number of anilines is 1. The first-order chi connectivity index (χ1) is 10.6. The second-order valence-electron chi connectivity index (χ2n) is 5.21. The fourth-order valence-corrected chi connectivity index (χ4v) is 3.72. The number of rotatable bonds is 4. The van der Waals surface area contributed by atoms with Gasteiger partial charge in [0, 0.05) is 23.5 Å². The van der Waals surface area contributed by atoms with Gasteiger partial charge >= 0.3 is 0 Å². The predicted octanol–water partition coefficient (Wildman–Crippen LogP) is 2.46. The van der Waals surface area contributed by atoms with E-state index in [1.165, 1.54) is 11.5 Å². The molecule has 0 radical (unpaired) electrons. The van der Waals surface area contributed by atoms with E-state index >= 15 is 0 Å². The molecule has 2 N–H and O–H groups in total. The summed E-state index contributed by atoms with van der Waals surface area (Å²) in [6.45, 7) is 4.29. The number of aliphatic imine (C=N–C) groups is 1. The normalized spacial score (nSPS) is 15.7. The molecule has 1 aliphatic heterocycles. The van der Waals surface area contributed by atoms with Crippen molar-refractivity contribution in [2.75, 3.05) is 11.5 Å². The predicted molar refractivity (Wildman–Crippen MR) is 92.7 cm³/mol. The van der Waals surface area contributed by atoms with E-state index in [9.17, 15) is 4.79 Å². The first-order valence-electron chi connectivity index (χ1n) is 6.79. The van der Waals surface area contributed by atoms with Crippen molar-refractivity contribution in [2.45, 2.75) is 19.0 Å². The van der Waals surface area contributed by atoms with Crippen LogP contribution in [0.4, 0.5) is 5.82 Å². The largest absolute Gasteiger partial charge is 0.384 e. The molecule has 0 spiro atoms. The van der Waals surface area contributed by atoms with Gasteiger partial charge in [0.25, 0.3) is 5.56 Å². The highest BCUT2D eigenvalue weighted by molar-refractivity contribution is 7.99. The highest BCUT2D eigenvalue weighted by Crippen LogP contribution is 2.26. The van der Waals surface area contributed by atoms with Crippen LogP contribution in [0.5, 0.6) is 0 Å². The average Bonchev–Trinajstić information content (AvgIpc) is 3.10. The van der Waals surface area contributed by atoms with E-state index < -0.39 is 0 Å². The molecule has 0 unspecified atom stereocenters. The smallest absolute Gasteiger partial charge is 0.283 e. The molecule has 0 saturated heterocycles. The monoisotopic (exact) mass is 333 g/mol. The Balaban J connectivity index is 2.11. The zero-order valence-corrected chi connectivity index (χ0v) is 13.8. The van der Waals surface area contributed by atoms with Crippen molar-refractivity contribution < 1.29 is 0 Å². The van der Waals surface area contributed by atoms with Crippen LogP contribution in [0.3, 0.4) is 0 Å². The van der Waals surface area contributed by atoms with Gasteiger partial charge in [0.2, 0.25) is 4.96 Å². The van der Waals surface area contributed by atoms with Crippen molar-refractivity contribution in [1.82, 2.24) is 13.8 Å². The molecule has 3 heterocycles. The number of hydrogen-bond donors (Lipinski definition) is 1. The lowest BCUT2D eigenvalue weighted by atomic mass is 10.2. The second kappa shape index (κ2) is 6.05. The van der Waals surface area contributed by atoms with Gasteiger partial charge in [-0.3, -0.25) is 9.79 Å². The fraction of sp³-hybridized carbons (Fsp3) is 0.286. The average molecular weight is 333 g/mol. The Labute approximate surface area is 135 Å². The van der Waals surface area contributed by atoms with Crippen LogP contribution in [-0.4, -0.2) is 25.7 Å². The van der Waals surface area contributed by atoms with Crippen LogP contribution in [0.25, 0.3) is 11.0 Å². The number of aromatic nitrogens is 3. The summed E-state index contributed by atoms with van der Waals surface area (Å²) in [5.41, 5.74) is 6.88. The van der Waals surface area contributed by atoms with Crippen molar-refractivity contribution in [2.24, 2.45) is 10.9 Å². The summed E-state index contributed by atoms with van der Waals surface area (Å²) in [5, 5.41) is 0.767. The van der Waals surface area contributed by atoms with Crippen molar-refractivity contribution >= 4 is 46.4 Å². The Hall–Kier alpha value is -1.93. The molecule has 1 aliphatic rings. The molecule has 114 valence electrons. The minimum atomic E-state index is -0.357. The van der Waals surface area contributed by atoms with Crippen LogP contribution in [0, 0.1) is 5.92 Å². The lowest BCUT2D eigenvalue weighted by Crippen LogP contribution is -2.16. The van der Waals surface area contributed by atoms with Gasteiger partial charge < -0.3 is 5.73 Å². The molecule has 22 heavy (non-hydrogen) atoms. The molecule has 2 aromatic rings. The number of nitrogens with zero attached hydrogens (tertiary/aromatic N) is 4. The minimum Gasteiger partial charge on any atom is -0.384 e. The Bertz CT molecular complexity index is 846. The second-order valence-corrected chi connectivity index (χ2v) is 6.93. The van der Waals surface area contributed by atoms with Crippen LogP contribution >= 0.6 is 23.3 Å². The number of thioether (sulfide) groups is 1. The molecule has 0 atom stereocenters. The van der Waals surface area contributed by atoms with E-state index in [-0.39, 0.29) is 5.56 Å². The van der Waals surface area contributed by atoms with Crippen LogP contribution in [-0.2, 0) is 0 Å². The van der Waals surface area contributed by atoms with E-state index in [1.54, 1.807) is 28.5 Å². The van der Waals surface area contributed by atoms with Crippen LogP contribution < -0.4 is 11.3 Å². The molecule has 0 aromatic carbocycles. The van der Waals surface area contributed by atoms with Gasteiger partial charge in [0.1, 0.15) is 5.82 Å². The number of allylic oxidation sites excluding steroid dienone is 2. The van der Waals surface area contributed by atoms with E-state index in [2.05, 4.69) is 28.2 Å². The lowest BCUT2D eigenvalue weighted by Gasteiger charge is -2.07. The van der Waals surface area contributed by atoms with Crippen molar-refractivity contribution in [3.05, 3.63) is 33.8 Å². The molecule has 3 rings (SSSR count). The van der Waals surface area contributed by atoms with E-state index in [0.717, 1.165) is 10.9 Å². The highest BCUT2D eigenvalue weighted by atomic mass is 32.2. The summed E-state index contributed by atoms with van der Waals surface area (Å²) in [6, 6.07) is 0. The van der Waals surface area contributed by atoms with Gasteiger partial charge in [-0.2, -0.15) is 9.36 Å². The number of nitrogen functional groups attached to an aromatic ring is 1. The lowest BCUT2D eigenvalue weighted by molar-refractivity contribution is 0.747. The molecule has 0 fully saturated rings. The third-order valence-electron chi connectivity index (χ3n) is 2.95. The molecule has 0 bridgehead atoms. The topological polar surface area (TPSA) is 85.6 Å². The number of hydrogen-bond acceptors (Lipinski definition) is 7. The van der Waals surface area contributed by atoms with Gasteiger partial charge in [0.15, 0.2) is 5.16 Å². The zero-order valence-electron chi connectivity index (χ0n) is 12.2. The quantitative estimate of drug-likeness (QED) is 0.869. The minimum absolute atomic E-state index is 0.350. The number of nitrogens with two attached hydrogens (primary N) is 1. The van der Waals surface area contributed by atoms with Gasteiger partial charge in [-0.05, 0) is 24.1 Å². The van der Waals surface area contributed by atoms with Crippen molar-refractivity contribution in [3.8, 4) is 0 Å². The molecule has 0 aliphatic carbocycles. The van der Waals surface area contributed by atoms with Crippen molar-refractivity contribution in [3.63, 3.8) is 0 Å². The summed E-state index contributed by atoms with van der Waals surface area (Å²) in [6.07, 6.45) is 6.95. The van der Waals surface area contributed by atoms with E-state index in [4.69, 9.17) is 5.73 Å². The van der Waals surface area contributed by atoms with Gasteiger partial charge in [-0.15, -0.1) is 0 Å². The summed E-state index contributed by atoms with van der Waals surface area (Å²) in [4.78, 5) is 20.9. The van der Waals surface area contributed by atoms with Gasteiger partial charge in [0.05, 0.1) is 11.3 Å². The first-order valence-corrected chi connectivity index (χ1v) is 8.55. The van der Waals surface area contributed by atoms with Crippen LogP contribution in [0.1, 0.15) is 19.4 Å². The summed E-state index contributed by atoms with van der Waals surface area (Å²) >= 11 is 2.79.